The Kier molecular flexibility index (Phi) is 6.70. The van der Waals surface area contributed by atoms with Crippen LogP contribution in [0.2, 0.25) is 0 Å². The van der Waals surface area contributed by atoms with Crippen molar-refractivity contribution in [3.63, 3.8) is 0 Å². The molecule has 0 spiro atoms. The molecule has 1 fully saturated rings. The summed E-state index contributed by atoms with van der Waals surface area (Å²) in [5.41, 5.74) is 0.960. The third kappa shape index (κ3) is 5.85. The van der Waals surface area contributed by atoms with E-state index in [9.17, 15) is 13.2 Å². The fourth-order valence-electron chi connectivity index (χ4n) is 2.66. The van der Waals surface area contributed by atoms with Crippen LogP contribution in [0.15, 0.2) is 18.2 Å². The summed E-state index contributed by atoms with van der Waals surface area (Å²) in [7, 11) is 1.41. The third-order valence-corrected chi connectivity index (χ3v) is 3.91. The Balaban J connectivity index is 1.92. The van der Waals surface area contributed by atoms with E-state index >= 15 is 0 Å². The van der Waals surface area contributed by atoms with Crippen LogP contribution < -0.4 is 9.47 Å². The summed E-state index contributed by atoms with van der Waals surface area (Å²) in [6.07, 6.45) is -4.38. The Hall–Kier alpha value is -1.51. The van der Waals surface area contributed by atoms with Gasteiger partial charge in [-0.2, -0.15) is 13.2 Å². The van der Waals surface area contributed by atoms with Crippen LogP contribution in [0, 0.1) is 0 Å². The topological polar surface area (TPSA) is 45.2 Å². The second-order valence-corrected chi connectivity index (χ2v) is 5.73. The summed E-state index contributed by atoms with van der Waals surface area (Å²) < 4.78 is 46.7. The molecule has 0 saturated carbocycles. The number of benzene rings is 1. The normalized spacial score (nSPS) is 17.0. The highest BCUT2D eigenvalue weighted by Crippen LogP contribution is 2.30. The molecule has 0 aromatic heterocycles. The molecule has 1 N–H and O–H groups in total. The van der Waals surface area contributed by atoms with E-state index in [-0.39, 0.29) is 12.4 Å². The number of aliphatic hydroxyl groups excluding tert-OH is 1. The zero-order chi connectivity index (χ0) is 17.6. The molecule has 5 nitrogen and oxygen atoms in total. The van der Waals surface area contributed by atoms with Crippen LogP contribution in [-0.4, -0.2) is 74.1 Å². The van der Waals surface area contributed by atoms with Crippen molar-refractivity contribution in [2.24, 2.45) is 0 Å². The van der Waals surface area contributed by atoms with Gasteiger partial charge in [-0.3, -0.25) is 9.80 Å². The molecule has 0 radical (unpaired) electrons. The predicted molar refractivity (Wildman–Crippen MR) is 83.3 cm³/mol. The van der Waals surface area contributed by atoms with Gasteiger partial charge in [0, 0.05) is 39.3 Å². The van der Waals surface area contributed by atoms with E-state index in [0.29, 0.717) is 18.8 Å². The molecule has 0 amide bonds. The number of rotatable bonds is 7. The average Bonchev–Trinajstić information content (AvgIpc) is 2.55. The van der Waals surface area contributed by atoms with Crippen LogP contribution in [0.25, 0.3) is 0 Å². The molecular weight excluding hydrogens is 325 g/mol. The van der Waals surface area contributed by atoms with Gasteiger partial charge in [-0.1, -0.05) is 6.07 Å². The highest BCUT2D eigenvalue weighted by atomic mass is 19.4. The van der Waals surface area contributed by atoms with Crippen LogP contribution in [0.1, 0.15) is 5.56 Å². The van der Waals surface area contributed by atoms with Crippen molar-refractivity contribution in [2.75, 3.05) is 53.0 Å². The number of hydrogen-bond donors (Lipinski definition) is 1. The molecule has 2 rings (SSSR count). The van der Waals surface area contributed by atoms with Crippen LogP contribution in [0.5, 0.6) is 11.5 Å². The van der Waals surface area contributed by atoms with Gasteiger partial charge in [-0.15, -0.1) is 0 Å². The van der Waals surface area contributed by atoms with Crippen LogP contribution in [0.4, 0.5) is 13.2 Å². The standard InChI is InChI=1S/C16H23F3N2O3/c1-23-15-10-13(2-3-14(15)24-12-16(17,18)19)11-21-6-4-20(5-7-21)8-9-22/h2-3,10,22H,4-9,11-12H2,1H3. The fourth-order valence-corrected chi connectivity index (χ4v) is 2.66. The second kappa shape index (κ2) is 8.55. The minimum Gasteiger partial charge on any atom is -0.493 e. The zero-order valence-corrected chi connectivity index (χ0v) is 13.7. The van der Waals surface area contributed by atoms with Crippen molar-refractivity contribution in [1.82, 2.24) is 9.80 Å². The van der Waals surface area contributed by atoms with Crippen LogP contribution >= 0.6 is 0 Å². The van der Waals surface area contributed by atoms with Crippen molar-refractivity contribution < 1.29 is 27.8 Å². The van der Waals surface area contributed by atoms with Gasteiger partial charge < -0.3 is 14.6 Å². The van der Waals surface area contributed by atoms with Gasteiger partial charge in [-0.25, -0.2) is 0 Å². The van der Waals surface area contributed by atoms with E-state index in [1.165, 1.54) is 13.2 Å². The summed E-state index contributed by atoms with van der Waals surface area (Å²) in [5.74, 6) is 0.391. The number of ether oxygens (including phenoxy) is 2. The molecule has 1 aliphatic rings. The number of piperazine rings is 1. The van der Waals surface area contributed by atoms with E-state index in [1.807, 2.05) is 0 Å². The summed E-state index contributed by atoms with van der Waals surface area (Å²) in [4.78, 5) is 4.46. The molecule has 1 aromatic rings. The van der Waals surface area contributed by atoms with E-state index in [4.69, 9.17) is 14.6 Å². The average molecular weight is 348 g/mol. The summed E-state index contributed by atoms with van der Waals surface area (Å²) >= 11 is 0. The Morgan fingerprint density at radius 1 is 1.08 bits per heavy atom. The number of halogens is 3. The molecule has 24 heavy (non-hydrogen) atoms. The first kappa shape index (κ1) is 18.8. The number of hydrogen-bond acceptors (Lipinski definition) is 5. The van der Waals surface area contributed by atoms with Crippen LogP contribution in [-0.2, 0) is 6.54 Å². The molecule has 0 aliphatic carbocycles. The molecule has 1 heterocycles. The maximum atomic E-state index is 12.3. The minimum absolute atomic E-state index is 0.0892. The lowest BCUT2D eigenvalue weighted by molar-refractivity contribution is -0.153. The lowest BCUT2D eigenvalue weighted by Crippen LogP contribution is -2.46. The summed E-state index contributed by atoms with van der Waals surface area (Å²) in [6, 6.07) is 4.99. The first-order chi connectivity index (χ1) is 11.4. The molecule has 1 aromatic carbocycles. The Morgan fingerprint density at radius 3 is 2.33 bits per heavy atom. The predicted octanol–water partition coefficient (Wildman–Crippen LogP) is 1.75. The molecular formula is C16H23F3N2O3. The maximum Gasteiger partial charge on any atom is 0.422 e. The molecule has 0 atom stereocenters. The zero-order valence-electron chi connectivity index (χ0n) is 13.7. The van der Waals surface area contributed by atoms with Gasteiger partial charge in [0.05, 0.1) is 13.7 Å². The number of aliphatic hydroxyl groups is 1. The van der Waals surface area contributed by atoms with E-state index in [1.54, 1.807) is 12.1 Å². The first-order valence-electron chi connectivity index (χ1n) is 7.83. The quantitative estimate of drug-likeness (QED) is 0.813. The van der Waals surface area contributed by atoms with Gasteiger partial charge in [0.1, 0.15) is 0 Å². The van der Waals surface area contributed by atoms with Gasteiger partial charge in [0.2, 0.25) is 0 Å². The molecule has 1 saturated heterocycles. The highest BCUT2D eigenvalue weighted by molar-refractivity contribution is 5.43. The monoisotopic (exact) mass is 348 g/mol. The molecule has 136 valence electrons. The lowest BCUT2D eigenvalue weighted by Gasteiger charge is -2.34. The van der Waals surface area contributed by atoms with Crippen molar-refractivity contribution in [1.29, 1.82) is 0 Å². The van der Waals surface area contributed by atoms with Crippen LogP contribution in [0.3, 0.4) is 0 Å². The second-order valence-electron chi connectivity index (χ2n) is 5.73. The number of β-amino-alcohol motifs (C(OH)–C–C–N with tert-alkyl or cyclic N) is 1. The third-order valence-electron chi connectivity index (χ3n) is 3.91. The Labute approximate surface area is 139 Å². The van der Waals surface area contributed by atoms with E-state index in [2.05, 4.69) is 9.80 Å². The molecule has 8 heteroatoms. The van der Waals surface area contributed by atoms with Gasteiger partial charge in [0.25, 0.3) is 0 Å². The lowest BCUT2D eigenvalue weighted by atomic mass is 10.1. The first-order valence-corrected chi connectivity index (χ1v) is 7.83. The van der Waals surface area contributed by atoms with E-state index in [0.717, 1.165) is 31.7 Å². The summed E-state index contributed by atoms with van der Waals surface area (Å²) in [6.45, 7) is 3.76. The van der Waals surface area contributed by atoms with Crippen molar-refractivity contribution in [3.05, 3.63) is 23.8 Å². The maximum absolute atomic E-state index is 12.3. The van der Waals surface area contributed by atoms with E-state index < -0.39 is 12.8 Å². The SMILES string of the molecule is COc1cc(CN2CCN(CCO)CC2)ccc1OCC(F)(F)F. The summed E-state index contributed by atoms with van der Waals surface area (Å²) in [5, 5.41) is 8.95. The number of alkyl halides is 3. The number of methoxy groups -OCH3 is 1. The largest absolute Gasteiger partial charge is 0.493 e. The Morgan fingerprint density at radius 2 is 1.75 bits per heavy atom. The van der Waals surface area contributed by atoms with Crippen molar-refractivity contribution in [3.8, 4) is 11.5 Å². The Bertz CT molecular complexity index is 518. The van der Waals surface area contributed by atoms with Gasteiger partial charge >= 0.3 is 6.18 Å². The highest BCUT2D eigenvalue weighted by Gasteiger charge is 2.29. The number of nitrogens with zero attached hydrogens (tertiary/aromatic N) is 2. The molecule has 0 bridgehead atoms. The van der Waals surface area contributed by atoms with Crippen molar-refractivity contribution >= 4 is 0 Å². The fraction of sp³-hybridized carbons (Fsp3) is 0.625. The molecule has 1 aliphatic heterocycles. The van der Waals surface area contributed by atoms with Crippen molar-refractivity contribution in [2.45, 2.75) is 12.7 Å². The smallest absolute Gasteiger partial charge is 0.422 e. The minimum atomic E-state index is -4.38. The molecule has 0 unspecified atom stereocenters. The van der Waals surface area contributed by atoms with Gasteiger partial charge in [-0.05, 0) is 17.7 Å². The van der Waals surface area contributed by atoms with Gasteiger partial charge in [0.15, 0.2) is 18.1 Å².